The van der Waals surface area contributed by atoms with E-state index in [0.717, 1.165) is 24.6 Å². The maximum Gasteiger partial charge on any atom is 0.417 e. The number of alkyl halides is 3. The summed E-state index contributed by atoms with van der Waals surface area (Å²) in [7, 11) is 0. The lowest BCUT2D eigenvalue weighted by atomic mass is 9.76. The van der Waals surface area contributed by atoms with Gasteiger partial charge in [0.2, 0.25) is 0 Å². The van der Waals surface area contributed by atoms with Crippen molar-refractivity contribution in [2.24, 2.45) is 5.41 Å². The van der Waals surface area contributed by atoms with Crippen molar-refractivity contribution in [3.05, 3.63) is 54.1 Å². The topological polar surface area (TPSA) is 44.9 Å². The van der Waals surface area contributed by atoms with Gasteiger partial charge in [0.25, 0.3) is 0 Å². The summed E-state index contributed by atoms with van der Waals surface area (Å²) < 4.78 is 42.2. The fourth-order valence-corrected chi connectivity index (χ4v) is 3.93. The number of anilines is 1. The molecule has 0 saturated heterocycles. The van der Waals surface area contributed by atoms with Gasteiger partial charge in [0, 0.05) is 36.4 Å². The Morgan fingerprint density at radius 2 is 2.11 bits per heavy atom. The molecular formula is C21H23F3N4. The van der Waals surface area contributed by atoms with Gasteiger partial charge in [-0.2, -0.15) is 18.4 Å². The SMILES string of the molecule is CCN(c1ccc(C#N)c(C(F)(F)F)c1)C1C=C(n2ccnc2)CC(C)(C)C1. The zero-order valence-electron chi connectivity index (χ0n) is 16.2. The molecule has 1 aromatic heterocycles. The lowest BCUT2D eigenvalue weighted by molar-refractivity contribution is -0.137. The van der Waals surface area contributed by atoms with Gasteiger partial charge < -0.3 is 9.47 Å². The van der Waals surface area contributed by atoms with Crippen LogP contribution in [0.15, 0.2) is 43.0 Å². The second kappa shape index (κ2) is 7.34. The maximum atomic E-state index is 13.4. The molecule has 0 spiro atoms. The first-order chi connectivity index (χ1) is 13.1. The number of hydrogen-bond acceptors (Lipinski definition) is 3. The van der Waals surface area contributed by atoms with Crippen LogP contribution in [-0.4, -0.2) is 22.1 Å². The van der Waals surface area contributed by atoms with E-state index in [2.05, 4.69) is 24.9 Å². The van der Waals surface area contributed by atoms with Gasteiger partial charge in [-0.3, -0.25) is 0 Å². The van der Waals surface area contributed by atoms with Crippen LogP contribution < -0.4 is 4.90 Å². The number of aromatic nitrogens is 2. The minimum Gasteiger partial charge on any atom is -0.365 e. The van der Waals surface area contributed by atoms with Crippen molar-refractivity contribution in [3.8, 4) is 6.07 Å². The summed E-state index contributed by atoms with van der Waals surface area (Å²) in [6.07, 6.45) is 4.56. The van der Waals surface area contributed by atoms with E-state index in [4.69, 9.17) is 5.26 Å². The molecule has 0 saturated carbocycles. The van der Waals surface area contributed by atoms with E-state index in [1.165, 1.54) is 6.07 Å². The summed E-state index contributed by atoms with van der Waals surface area (Å²) in [4.78, 5) is 6.07. The number of allylic oxidation sites excluding steroid dienone is 1. The van der Waals surface area contributed by atoms with E-state index in [-0.39, 0.29) is 17.0 Å². The number of halogens is 3. The number of nitrogens with zero attached hydrogens (tertiary/aromatic N) is 4. The quantitative estimate of drug-likeness (QED) is 0.711. The fraction of sp³-hybridized carbons (Fsp3) is 0.429. The molecule has 1 unspecified atom stereocenters. The first-order valence-corrected chi connectivity index (χ1v) is 9.21. The Kier molecular flexibility index (Phi) is 5.24. The van der Waals surface area contributed by atoms with Crippen molar-refractivity contribution in [3.63, 3.8) is 0 Å². The lowest BCUT2D eigenvalue weighted by Gasteiger charge is -2.41. The van der Waals surface area contributed by atoms with Crippen molar-refractivity contribution in [1.29, 1.82) is 5.26 Å². The highest BCUT2D eigenvalue weighted by molar-refractivity contribution is 5.58. The van der Waals surface area contributed by atoms with Gasteiger partial charge in [0.1, 0.15) is 0 Å². The van der Waals surface area contributed by atoms with Gasteiger partial charge >= 0.3 is 6.18 Å². The van der Waals surface area contributed by atoms with Gasteiger partial charge in [-0.15, -0.1) is 0 Å². The third-order valence-electron chi connectivity index (χ3n) is 5.14. The highest BCUT2D eigenvalue weighted by atomic mass is 19.4. The number of rotatable bonds is 4. The van der Waals surface area contributed by atoms with E-state index in [0.29, 0.717) is 12.2 Å². The van der Waals surface area contributed by atoms with Crippen molar-refractivity contribution in [2.75, 3.05) is 11.4 Å². The molecule has 0 radical (unpaired) electrons. The van der Waals surface area contributed by atoms with Gasteiger partial charge in [-0.05, 0) is 49.5 Å². The zero-order valence-corrected chi connectivity index (χ0v) is 16.2. The summed E-state index contributed by atoms with van der Waals surface area (Å²) in [5.74, 6) is 0. The summed E-state index contributed by atoms with van der Waals surface area (Å²) in [6, 6.07) is 5.54. The molecule has 0 bridgehead atoms. The highest BCUT2D eigenvalue weighted by Crippen LogP contribution is 2.41. The van der Waals surface area contributed by atoms with Crippen molar-refractivity contribution < 1.29 is 13.2 Å². The van der Waals surface area contributed by atoms with E-state index in [1.807, 2.05) is 22.6 Å². The van der Waals surface area contributed by atoms with Crippen LogP contribution in [0.1, 0.15) is 44.7 Å². The molecule has 1 atom stereocenters. The summed E-state index contributed by atoms with van der Waals surface area (Å²) in [6.45, 7) is 6.81. The van der Waals surface area contributed by atoms with E-state index < -0.39 is 11.7 Å². The molecule has 1 aromatic carbocycles. The van der Waals surface area contributed by atoms with Gasteiger partial charge in [-0.25, -0.2) is 4.98 Å². The van der Waals surface area contributed by atoms with Crippen LogP contribution in [0, 0.1) is 16.7 Å². The molecule has 1 aliphatic rings. The number of imidazole rings is 1. The minimum atomic E-state index is -4.57. The number of benzene rings is 1. The zero-order chi connectivity index (χ0) is 20.5. The molecule has 0 amide bonds. The molecule has 1 aliphatic carbocycles. The van der Waals surface area contributed by atoms with Crippen LogP contribution in [0.3, 0.4) is 0 Å². The molecule has 0 aliphatic heterocycles. The third kappa shape index (κ3) is 4.06. The van der Waals surface area contributed by atoms with Crippen LogP contribution in [0.2, 0.25) is 0 Å². The second-order valence-corrected chi connectivity index (χ2v) is 7.87. The molecule has 4 nitrogen and oxygen atoms in total. The van der Waals surface area contributed by atoms with E-state index >= 15 is 0 Å². The summed E-state index contributed by atoms with van der Waals surface area (Å²) in [5.41, 5.74) is 0.303. The lowest BCUT2D eigenvalue weighted by Crippen LogP contribution is -2.40. The largest absolute Gasteiger partial charge is 0.417 e. The van der Waals surface area contributed by atoms with Crippen LogP contribution in [0.25, 0.3) is 5.70 Å². The van der Waals surface area contributed by atoms with Crippen LogP contribution >= 0.6 is 0 Å². The molecule has 2 aromatic rings. The monoisotopic (exact) mass is 388 g/mol. The number of hydrogen-bond donors (Lipinski definition) is 0. The highest BCUT2D eigenvalue weighted by Gasteiger charge is 2.36. The predicted octanol–water partition coefficient (Wildman–Crippen LogP) is 5.33. The fourth-order valence-electron chi connectivity index (χ4n) is 3.93. The summed E-state index contributed by atoms with van der Waals surface area (Å²) >= 11 is 0. The third-order valence-corrected chi connectivity index (χ3v) is 5.14. The number of likely N-dealkylation sites (N-methyl/N-ethyl adjacent to an activating group) is 1. The number of nitriles is 1. The maximum absolute atomic E-state index is 13.4. The molecular weight excluding hydrogens is 365 g/mol. The molecule has 0 fully saturated rings. The minimum absolute atomic E-state index is 0.00804. The molecule has 1 heterocycles. The van der Waals surface area contributed by atoms with Crippen molar-refractivity contribution in [1.82, 2.24) is 9.55 Å². The van der Waals surface area contributed by atoms with Gasteiger partial charge in [0.15, 0.2) is 0 Å². The van der Waals surface area contributed by atoms with Crippen LogP contribution in [0.4, 0.5) is 18.9 Å². The standard InChI is InChI=1S/C21H23F3N4/c1-4-28(16-6-5-15(13-25)19(10-16)21(22,23)24)18-9-17(11-20(2,3)12-18)27-8-7-26-14-27/h5-10,14,18H,4,11-12H2,1-3H3. The van der Waals surface area contributed by atoms with Gasteiger partial charge in [-0.1, -0.05) is 13.8 Å². The molecule has 148 valence electrons. The summed E-state index contributed by atoms with van der Waals surface area (Å²) in [5, 5.41) is 9.04. The van der Waals surface area contributed by atoms with E-state index in [1.54, 1.807) is 24.7 Å². The molecule has 7 heteroatoms. The Bertz CT molecular complexity index is 905. The van der Waals surface area contributed by atoms with Crippen LogP contribution in [0.5, 0.6) is 0 Å². The average Bonchev–Trinajstić information content (AvgIpc) is 3.15. The Morgan fingerprint density at radius 1 is 1.36 bits per heavy atom. The second-order valence-electron chi connectivity index (χ2n) is 7.87. The molecule has 0 N–H and O–H groups in total. The Morgan fingerprint density at radius 3 is 2.68 bits per heavy atom. The Hall–Kier alpha value is -2.75. The first-order valence-electron chi connectivity index (χ1n) is 9.21. The molecule has 3 rings (SSSR count). The van der Waals surface area contributed by atoms with Crippen molar-refractivity contribution in [2.45, 2.75) is 45.8 Å². The average molecular weight is 388 g/mol. The normalized spacial score (nSPS) is 19.0. The predicted molar refractivity (Wildman–Crippen MR) is 102 cm³/mol. The van der Waals surface area contributed by atoms with Crippen LogP contribution in [-0.2, 0) is 6.18 Å². The van der Waals surface area contributed by atoms with E-state index in [9.17, 15) is 13.2 Å². The molecule has 28 heavy (non-hydrogen) atoms. The smallest absolute Gasteiger partial charge is 0.365 e. The van der Waals surface area contributed by atoms with Gasteiger partial charge in [0.05, 0.1) is 23.5 Å². The Labute approximate surface area is 162 Å². The van der Waals surface area contributed by atoms with Crippen molar-refractivity contribution >= 4 is 11.4 Å². The first kappa shape index (κ1) is 20.0. The Balaban J connectivity index is 2.03.